The van der Waals surface area contributed by atoms with Crippen molar-refractivity contribution in [1.29, 1.82) is 0 Å². The number of rotatable bonds is 6. The minimum Gasteiger partial charge on any atom is -0.444 e. The molecule has 2 saturated heterocycles. The van der Waals surface area contributed by atoms with Crippen LogP contribution < -0.4 is 0 Å². The van der Waals surface area contributed by atoms with Crippen LogP contribution >= 0.6 is 0 Å². The van der Waals surface area contributed by atoms with E-state index in [9.17, 15) is 4.79 Å². The van der Waals surface area contributed by atoms with E-state index in [0.29, 0.717) is 25.4 Å². The monoisotopic (exact) mass is 384 g/mol. The first-order valence-corrected chi connectivity index (χ1v) is 10.5. The van der Waals surface area contributed by atoms with E-state index in [4.69, 9.17) is 18.9 Å². The van der Waals surface area contributed by atoms with Crippen LogP contribution in [0, 0.1) is 0 Å². The number of ether oxygens (including phenoxy) is 4. The molecule has 0 aromatic carbocycles. The van der Waals surface area contributed by atoms with Gasteiger partial charge in [0.25, 0.3) is 0 Å². The molecular formula is C20H36N2O5. The Bertz CT molecular complexity index is 461. The maximum absolute atomic E-state index is 12.1. The highest BCUT2D eigenvalue weighted by Crippen LogP contribution is 2.29. The molecule has 0 bridgehead atoms. The summed E-state index contributed by atoms with van der Waals surface area (Å²) in [5, 5.41) is 0. The van der Waals surface area contributed by atoms with Gasteiger partial charge in [-0.05, 0) is 52.9 Å². The van der Waals surface area contributed by atoms with Gasteiger partial charge in [0, 0.05) is 38.8 Å². The molecule has 1 aliphatic carbocycles. The molecule has 7 heteroatoms. The number of amides is 1. The van der Waals surface area contributed by atoms with Crippen molar-refractivity contribution in [2.45, 2.75) is 76.9 Å². The highest BCUT2D eigenvalue weighted by atomic mass is 16.7. The van der Waals surface area contributed by atoms with E-state index in [-0.39, 0.29) is 12.4 Å². The fourth-order valence-corrected chi connectivity index (χ4v) is 3.81. The quantitative estimate of drug-likeness (QED) is 0.656. The average Bonchev–Trinajstić information content (AvgIpc) is 2.60. The number of carbonyl (C=O) groups excluding carboxylic acids is 1. The van der Waals surface area contributed by atoms with E-state index in [1.54, 1.807) is 0 Å². The Labute approximate surface area is 163 Å². The first-order chi connectivity index (χ1) is 12.9. The van der Waals surface area contributed by atoms with Gasteiger partial charge in [-0.2, -0.15) is 0 Å². The Morgan fingerprint density at radius 1 is 1.04 bits per heavy atom. The first kappa shape index (κ1) is 20.8. The fourth-order valence-electron chi connectivity index (χ4n) is 3.81. The predicted molar refractivity (Wildman–Crippen MR) is 102 cm³/mol. The second-order valence-corrected chi connectivity index (χ2v) is 8.79. The van der Waals surface area contributed by atoms with E-state index in [1.807, 2.05) is 25.7 Å². The molecule has 3 aliphatic rings. The Morgan fingerprint density at radius 2 is 1.74 bits per heavy atom. The van der Waals surface area contributed by atoms with Gasteiger partial charge < -0.3 is 23.8 Å². The highest BCUT2D eigenvalue weighted by molar-refractivity contribution is 5.68. The van der Waals surface area contributed by atoms with E-state index in [1.165, 1.54) is 6.42 Å². The third-order valence-electron chi connectivity index (χ3n) is 5.43. The molecular weight excluding hydrogens is 348 g/mol. The number of carbonyl (C=O) groups is 1. The van der Waals surface area contributed by atoms with Crippen molar-refractivity contribution < 1.29 is 23.7 Å². The van der Waals surface area contributed by atoms with Gasteiger partial charge in [-0.3, -0.25) is 4.90 Å². The molecule has 0 aromatic heterocycles. The van der Waals surface area contributed by atoms with Crippen molar-refractivity contribution in [2.24, 2.45) is 0 Å². The summed E-state index contributed by atoms with van der Waals surface area (Å²) in [6.07, 6.45) is 5.61. The minimum absolute atomic E-state index is 0.0299. The van der Waals surface area contributed by atoms with Gasteiger partial charge in [-0.25, -0.2) is 4.79 Å². The summed E-state index contributed by atoms with van der Waals surface area (Å²) in [7, 11) is 0. The van der Waals surface area contributed by atoms with Crippen LogP contribution in [0.3, 0.4) is 0 Å². The van der Waals surface area contributed by atoms with E-state index in [0.717, 1.165) is 58.5 Å². The van der Waals surface area contributed by atoms with Crippen LogP contribution in [0.4, 0.5) is 4.79 Å². The number of hydrogen-bond acceptors (Lipinski definition) is 6. The molecule has 1 saturated carbocycles. The minimum atomic E-state index is -0.431. The number of nitrogens with zero attached hydrogens (tertiary/aromatic N) is 2. The summed E-state index contributed by atoms with van der Waals surface area (Å²) in [4.78, 5) is 16.4. The molecule has 7 nitrogen and oxygen atoms in total. The second kappa shape index (κ2) is 9.54. The number of piperazine rings is 1. The fraction of sp³-hybridized carbons (Fsp3) is 0.950. The normalized spacial score (nSPS) is 30.0. The maximum Gasteiger partial charge on any atom is 0.410 e. The predicted octanol–water partition coefficient (Wildman–Crippen LogP) is 2.63. The van der Waals surface area contributed by atoms with E-state index in [2.05, 4.69) is 4.90 Å². The second-order valence-electron chi connectivity index (χ2n) is 8.79. The van der Waals surface area contributed by atoms with Crippen molar-refractivity contribution in [3.8, 4) is 0 Å². The van der Waals surface area contributed by atoms with Gasteiger partial charge in [-0.15, -0.1) is 0 Å². The van der Waals surface area contributed by atoms with Crippen molar-refractivity contribution in [2.75, 3.05) is 46.0 Å². The Balaban J connectivity index is 1.24. The molecule has 0 aromatic rings. The zero-order valence-corrected chi connectivity index (χ0v) is 17.2. The molecule has 156 valence electrons. The average molecular weight is 385 g/mol. The third-order valence-corrected chi connectivity index (χ3v) is 5.43. The zero-order valence-electron chi connectivity index (χ0n) is 17.2. The molecule has 2 heterocycles. The molecule has 1 unspecified atom stereocenters. The lowest BCUT2D eigenvalue weighted by molar-refractivity contribution is -0.175. The summed E-state index contributed by atoms with van der Waals surface area (Å²) >= 11 is 0. The number of hydrogen-bond donors (Lipinski definition) is 0. The summed E-state index contributed by atoms with van der Waals surface area (Å²) in [5.74, 6) is 0. The molecule has 3 fully saturated rings. The van der Waals surface area contributed by atoms with Gasteiger partial charge >= 0.3 is 6.09 Å². The largest absolute Gasteiger partial charge is 0.444 e. The maximum atomic E-state index is 12.1. The summed E-state index contributed by atoms with van der Waals surface area (Å²) in [6, 6.07) is 0.582. The van der Waals surface area contributed by atoms with Gasteiger partial charge in [0.1, 0.15) is 5.60 Å². The molecule has 0 spiro atoms. The molecule has 0 radical (unpaired) electrons. The van der Waals surface area contributed by atoms with Crippen LogP contribution in [-0.2, 0) is 18.9 Å². The van der Waals surface area contributed by atoms with Crippen LogP contribution in [0.5, 0.6) is 0 Å². The smallest absolute Gasteiger partial charge is 0.410 e. The lowest BCUT2D eigenvalue weighted by Gasteiger charge is -2.46. The van der Waals surface area contributed by atoms with Crippen LogP contribution in [0.25, 0.3) is 0 Å². The van der Waals surface area contributed by atoms with Crippen molar-refractivity contribution in [3.63, 3.8) is 0 Å². The molecule has 1 atom stereocenters. The Morgan fingerprint density at radius 3 is 2.37 bits per heavy atom. The standard InChI is InChI=1S/C20H36N2O5/c1-20(2,3)27-19(23)22-9-7-21(8-10-22)16-14-17(15-16)24-12-13-26-18-6-4-5-11-25-18/h16-18H,4-15H2,1-3H3/t16-,17+,18?. The van der Waals surface area contributed by atoms with Crippen LogP contribution in [-0.4, -0.2) is 85.9 Å². The van der Waals surface area contributed by atoms with Gasteiger partial charge in [0.15, 0.2) is 6.29 Å². The Hall–Kier alpha value is -0.890. The molecule has 0 N–H and O–H groups in total. The van der Waals surface area contributed by atoms with E-state index >= 15 is 0 Å². The SMILES string of the molecule is CC(C)(C)OC(=O)N1CCN([C@H]2C[C@@H](OCCOC3CCCCO3)C2)CC1. The zero-order chi connectivity index (χ0) is 19.3. The molecule has 2 aliphatic heterocycles. The third kappa shape index (κ3) is 6.59. The highest BCUT2D eigenvalue weighted by Gasteiger charge is 2.36. The van der Waals surface area contributed by atoms with Crippen molar-refractivity contribution in [3.05, 3.63) is 0 Å². The van der Waals surface area contributed by atoms with Crippen molar-refractivity contribution >= 4 is 6.09 Å². The van der Waals surface area contributed by atoms with Crippen molar-refractivity contribution in [1.82, 2.24) is 9.80 Å². The first-order valence-electron chi connectivity index (χ1n) is 10.5. The van der Waals surface area contributed by atoms with Gasteiger partial charge in [0.05, 0.1) is 19.3 Å². The lowest BCUT2D eigenvalue weighted by atomic mass is 9.87. The summed E-state index contributed by atoms with van der Waals surface area (Å²) < 4.78 is 22.6. The molecule has 27 heavy (non-hydrogen) atoms. The summed E-state index contributed by atoms with van der Waals surface area (Å²) in [6.45, 7) is 11.1. The van der Waals surface area contributed by atoms with Gasteiger partial charge in [-0.1, -0.05) is 0 Å². The lowest BCUT2D eigenvalue weighted by Crippen LogP contribution is -2.57. The van der Waals surface area contributed by atoms with Gasteiger partial charge in [0.2, 0.25) is 0 Å². The summed E-state index contributed by atoms with van der Waals surface area (Å²) in [5.41, 5.74) is -0.431. The molecule has 1 amide bonds. The van der Waals surface area contributed by atoms with Crippen LogP contribution in [0.15, 0.2) is 0 Å². The molecule has 3 rings (SSSR count). The van der Waals surface area contributed by atoms with E-state index < -0.39 is 5.60 Å². The van der Waals surface area contributed by atoms with Crippen LogP contribution in [0.1, 0.15) is 52.9 Å². The topological polar surface area (TPSA) is 60.5 Å². The Kier molecular flexibility index (Phi) is 7.36. The van der Waals surface area contributed by atoms with Crippen LogP contribution in [0.2, 0.25) is 0 Å².